The Hall–Kier alpha value is -2.00. The third kappa shape index (κ3) is 3.00. The zero-order valence-corrected chi connectivity index (χ0v) is 9.40. The number of benzene rings is 2. The second-order valence-electron chi connectivity index (χ2n) is 3.83. The van der Waals surface area contributed by atoms with E-state index in [9.17, 15) is 0 Å². The maximum Gasteiger partial charge on any atom is 0.0344 e. The molecule has 0 N–H and O–H groups in total. The summed E-state index contributed by atoms with van der Waals surface area (Å²) in [5.74, 6) is 6.35. The highest BCUT2D eigenvalue weighted by molar-refractivity contribution is 5.35. The fraction of sp³-hybridized carbons (Fsp3) is 0.125. The van der Waals surface area contributed by atoms with Crippen LogP contribution < -0.4 is 0 Å². The maximum absolute atomic E-state index is 3.19. The van der Waals surface area contributed by atoms with Crippen LogP contribution in [0.2, 0.25) is 0 Å². The molecule has 0 saturated carbocycles. The van der Waals surface area contributed by atoms with E-state index >= 15 is 0 Å². The molecule has 0 amide bonds. The first-order chi connectivity index (χ1) is 7.84. The van der Waals surface area contributed by atoms with Crippen molar-refractivity contribution in [3.63, 3.8) is 0 Å². The van der Waals surface area contributed by atoms with Crippen LogP contribution in [-0.4, -0.2) is 0 Å². The lowest BCUT2D eigenvalue weighted by Gasteiger charge is -1.95. The van der Waals surface area contributed by atoms with E-state index in [1.807, 2.05) is 30.3 Å². The first-order valence-electron chi connectivity index (χ1n) is 5.44. The maximum atomic E-state index is 3.19. The third-order valence-corrected chi connectivity index (χ3v) is 2.42. The van der Waals surface area contributed by atoms with Gasteiger partial charge in [-0.1, -0.05) is 59.9 Å². The summed E-state index contributed by atoms with van der Waals surface area (Å²) >= 11 is 0. The van der Waals surface area contributed by atoms with E-state index in [2.05, 4.69) is 43.0 Å². The summed E-state index contributed by atoms with van der Waals surface area (Å²) < 4.78 is 0. The van der Waals surface area contributed by atoms with Crippen molar-refractivity contribution in [1.29, 1.82) is 0 Å². The largest absolute Gasteiger partial charge is 0.0931 e. The van der Waals surface area contributed by atoms with Gasteiger partial charge in [0.05, 0.1) is 0 Å². The van der Waals surface area contributed by atoms with Gasteiger partial charge in [0.25, 0.3) is 0 Å². The summed E-state index contributed by atoms with van der Waals surface area (Å²) in [5, 5.41) is 0. The normalized spacial score (nSPS) is 9.31. The molecular formula is C16H14. The molecule has 2 aromatic rings. The van der Waals surface area contributed by atoms with Crippen molar-refractivity contribution in [3.05, 3.63) is 71.3 Å². The molecular weight excluding hydrogens is 193 g/mol. The molecule has 0 spiro atoms. The molecule has 0 aliphatic carbocycles. The van der Waals surface area contributed by atoms with Gasteiger partial charge >= 0.3 is 0 Å². The van der Waals surface area contributed by atoms with Crippen molar-refractivity contribution in [3.8, 4) is 11.8 Å². The topological polar surface area (TPSA) is 0 Å². The van der Waals surface area contributed by atoms with Crippen LogP contribution in [0.1, 0.15) is 16.7 Å². The Labute approximate surface area is 96.9 Å². The smallest absolute Gasteiger partial charge is 0.0344 e. The standard InChI is InChI=1S/C16H14/c1-14-10-12-16(13-11-14)9-5-8-15-6-3-2-4-7-15/h2-4,6-7,10-13H,9H2,1H3/i8+1. The van der Waals surface area contributed by atoms with E-state index in [4.69, 9.17) is 0 Å². The molecule has 0 radical (unpaired) electrons. The van der Waals surface area contributed by atoms with Gasteiger partial charge in [0.2, 0.25) is 0 Å². The van der Waals surface area contributed by atoms with Crippen molar-refractivity contribution in [1.82, 2.24) is 0 Å². The first-order valence-corrected chi connectivity index (χ1v) is 5.44. The first kappa shape index (κ1) is 10.5. The van der Waals surface area contributed by atoms with Crippen LogP contribution in [0.5, 0.6) is 0 Å². The number of hydrogen-bond acceptors (Lipinski definition) is 0. The van der Waals surface area contributed by atoms with E-state index < -0.39 is 0 Å². The average Bonchev–Trinajstić information content (AvgIpc) is 2.33. The summed E-state index contributed by atoms with van der Waals surface area (Å²) in [6, 6.07) is 18.6. The molecule has 0 bridgehead atoms. The van der Waals surface area contributed by atoms with Crippen LogP contribution in [-0.2, 0) is 6.42 Å². The minimum atomic E-state index is 0.815. The lowest BCUT2D eigenvalue weighted by Crippen LogP contribution is -1.81. The Bertz CT molecular complexity index is 495. The van der Waals surface area contributed by atoms with Gasteiger partial charge in [0.1, 0.15) is 0 Å². The number of rotatable bonds is 1. The Morgan fingerprint density at radius 2 is 1.56 bits per heavy atom. The summed E-state index contributed by atoms with van der Waals surface area (Å²) in [5.41, 5.74) is 3.64. The molecule has 0 heteroatoms. The van der Waals surface area contributed by atoms with Crippen LogP contribution in [0.4, 0.5) is 0 Å². The molecule has 0 fully saturated rings. The predicted octanol–water partition coefficient (Wildman–Crippen LogP) is 3.59. The lowest BCUT2D eigenvalue weighted by molar-refractivity contribution is 1.30. The highest BCUT2D eigenvalue weighted by Crippen LogP contribution is 2.03. The monoisotopic (exact) mass is 207 g/mol. The Morgan fingerprint density at radius 1 is 0.875 bits per heavy atom. The van der Waals surface area contributed by atoms with Crippen molar-refractivity contribution in [2.45, 2.75) is 13.3 Å². The lowest BCUT2D eigenvalue weighted by atomic mass is 10.1. The van der Waals surface area contributed by atoms with E-state index in [1.165, 1.54) is 11.1 Å². The quantitative estimate of drug-likeness (QED) is 0.495. The zero-order valence-electron chi connectivity index (χ0n) is 9.40. The predicted molar refractivity (Wildman–Crippen MR) is 68.2 cm³/mol. The minimum absolute atomic E-state index is 0.815. The van der Waals surface area contributed by atoms with E-state index in [0.717, 1.165) is 12.0 Å². The summed E-state index contributed by atoms with van der Waals surface area (Å²) in [7, 11) is 0. The van der Waals surface area contributed by atoms with Crippen LogP contribution in [0.15, 0.2) is 54.6 Å². The number of aryl methyl sites for hydroxylation is 1. The number of hydrogen-bond donors (Lipinski definition) is 0. The molecule has 2 aromatic carbocycles. The summed E-state index contributed by atoms with van der Waals surface area (Å²) in [6.45, 7) is 2.10. The second kappa shape index (κ2) is 5.19. The molecule has 78 valence electrons. The van der Waals surface area contributed by atoms with Gasteiger partial charge in [0, 0.05) is 12.0 Å². The molecule has 0 unspecified atom stereocenters. The SMILES string of the molecule is Cc1ccc(CC#[13C]c2ccccc2)cc1. The van der Waals surface area contributed by atoms with Gasteiger partial charge in [0.15, 0.2) is 0 Å². The molecule has 16 heavy (non-hydrogen) atoms. The van der Waals surface area contributed by atoms with Gasteiger partial charge in [-0.3, -0.25) is 0 Å². The molecule has 0 saturated heterocycles. The van der Waals surface area contributed by atoms with Crippen LogP contribution in [0.3, 0.4) is 0 Å². The third-order valence-electron chi connectivity index (χ3n) is 2.42. The minimum Gasteiger partial charge on any atom is -0.0931 e. The van der Waals surface area contributed by atoms with Crippen LogP contribution >= 0.6 is 0 Å². The zero-order chi connectivity index (χ0) is 11.2. The molecule has 0 aliphatic rings. The highest BCUT2D eigenvalue weighted by atomic mass is 14.1. The molecule has 0 aliphatic heterocycles. The van der Waals surface area contributed by atoms with Gasteiger partial charge in [-0.2, -0.15) is 0 Å². The van der Waals surface area contributed by atoms with Gasteiger partial charge in [-0.05, 0) is 24.6 Å². The Balaban J connectivity index is 2.03. The van der Waals surface area contributed by atoms with Gasteiger partial charge < -0.3 is 0 Å². The molecule has 0 heterocycles. The van der Waals surface area contributed by atoms with Crippen LogP contribution in [0, 0.1) is 18.8 Å². The summed E-state index contributed by atoms with van der Waals surface area (Å²) in [6.07, 6.45) is 0.815. The molecule has 0 aromatic heterocycles. The summed E-state index contributed by atoms with van der Waals surface area (Å²) in [4.78, 5) is 0. The van der Waals surface area contributed by atoms with Crippen molar-refractivity contribution in [2.24, 2.45) is 0 Å². The molecule has 0 nitrogen and oxygen atoms in total. The van der Waals surface area contributed by atoms with E-state index in [0.29, 0.717) is 0 Å². The van der Waals surface area contributed by atoms with Crippen molar-refractivity contribution >= 4 is 0 Å². The van der Waals surface area contributed by atoms with E-state index in [1.54, 1.807) is 0 Å². The Morgan fingerprint density at radius 3 is 2.25 bits per heavy atom. The van der Waals surface area contributed by atoms with Crippen molar-refractivity contribution < 1.29 is 0 Å². The highest BCUT2D eigenvalue weighted by Gasteiger charge is 1.88. The Kier molecular flexibility index (Phi) is 3.41. The fourth-order valence-corrected chi connectivity index (χ4v) is 1.48. The molecule has 0 atom stereocenters. The van der Waals surface area contributed by atoms with Gasteiger partial charge in [-0.15, -0.1) is 0 Å². The van der Waals surface area contributed by atoms with Crippen molar-refractivity contribution in [2.75, 3.05) is 0 Å². The molecule has 2 rings (SSSR count). The fourth-order valence-electron chi connectivity index (χ4n) is 1.48. The van der Waals surface area contributed by atoms with E-state index in [-0.39, 0.29) is 0 Å². The average molecular weight is 207 g/mol. The van der Waals surface area contributed by atoms with Crippen LogP contribution in [0.25, 0.3) is 0 Å². The second-order valence-corrected chi connectivity index (χ2v) is 3.83. The van der Waals surface area contributed by atoms with Gasteiger partial charge in [-0.25, -0.2) is 0 Å².